The summed E-state index contributed by atoms with van der Waals surface area (Å²) >= 11 is 1.68. The number of benzene rings is 2. The van der Waals surface area contributed by atoms with Crippen molar-refractivity contribution in [2.24, 2.45) is 0 Å². The molecule has 5 heteroatoms. The number of hydrogen-bond acceptors (Lipinski definition) is 4. The Morgan fingerprint density at radius 1 is 1.08 bits per heavy atom. The number of aryl methyl sites for hydroxylation is 2. The van der Waals surface area contributed by atoms with Crippen molar-refractivity contribution >= 4 is 38.3 Å². The summed E-state index contributed by atoms with van der Waals surface area (Å²) in [6, 6.07) is 11.9. The molecular weight excluding hydrogens is 342 g/mol. The Bertz CT molecular complexity index is 957. The van der Waals surface area contributed by atoms with Crippen LogP contribution < -0.4 is 10.2 Å². The van der Waals surface area contributed by atoms with Gasteiger partial charge in [0.1, 0.15) is 0 Å². The van der Waals surface area contributed by atoms with Crippen molar-refractivity contribution in [2.75, 3.05) is 23.3 Å². The molecule has 2 aromatic carbocycles. The Labute approximate surface area is 157 Å². The molecule has 0 bridgehead atoms. The van der Waals surface area contributed by atoms with E-state index in [1.54, 1.807) is 11.3 Å². The number of anilines is 2. The van der Waals surface area contributed by atoms with E-state index in [0.717, 1.165) is 45.3 Å². The number of carbonyl (C=O) groups is 1. The molecule has 0 spiro atoms. The van der Waals surface area contributed by atoms with E-state index in [-0.39, 0.29) is 5.91 Å². The monoisotopic (exact) mass is 365 g/mol. The molecular formula is C21H23N3OS. The second-order valence-corrected chi connectivity index (χ2v) is 8.01. The molecule has 0 atom stereocenters. The number of amides is 1. The first kappa shape index (κ1) is 17.0. The van der Waals surface area contributed by atoms with Crippen LogP contribution in [0.2, 0.25) is 0 Å². The lowest BCUT2D eigenvalue weighted by Gasteiger charge is -2.25. The zero-order valence-electron chi connectivity index (χ0n) is 15.2. The fourth-order valence-corrected chi connectivity index (χ4v) is 4.40. The van der Waals surface area contributed by atoms with Crippen LogP contribution in [0.1, 0.15) is 40.7 Å². The number of thiazole rings is 1. The van der Waals surface area contributed by atoms with Crippen LogP contribution in [-0.4, -0.2) is 24.0 Å². The van der Waals surface area contributed by atoms with Gasteiger partial charge in [-0.25, -0.2) is 4.98 Å². The van der Waals surface area contributed by atoms with Gasteiger partial charge in [-0.1, -0.05) is 23.5 Å². The average molecular weight is 366 g/mol. The average Bonchev–Trinajstić information content (AvgIpc) is 3.08. The molecule has 1 amide bonds. The highest BCUT2D eigenvalue weighted by Gasteiger charge is 2.16. The molecule has 0 radical (unpaired) electrons. The fraction of sp³-hybridized carbons (Fsp3) is 0.333. The summed E-state index contributed by atoms with van der Waals surface area (Å²) < 4.78 is 1.07. The highest BCUT2D eigenvalue weighted by molar-refractivity contribution is 7.22. The van der Waals surface area contributed by atoms with Crippen molar-refractivity contribution in [3.8, 4) is 0 Å². The minimum absolute atomic E-state index is 0.0754. The topological polar surface area (TPSA) is 45.2 Å². The molecule has 4 nitrogen and oxygen atoms in total. The summed E-state index contributed by atoms with van der Waals surface area (Å²) in [6.45, 7) is 6.20. The molecule has 26 heavy (non-hydrogen) atoms. The molecule has 1 aromatic heterocycles. The van der Waals surface area contributed by atoms with Gasteiger partial charge in [0.25, 0.3) is 5.91 Å². The third-order valence-corrected chi connectivity index (χ3v) is 5.99. The largest absolute Gasteiger partial charge is 0.348 e. The number of fused-ring (bicyclic) bond motifs is 1. The Hall–Kier alpha value is -2.40. The number of carbonyl (C=O) groups excluding carboxylic acids is 1. The van der Waals surface area contributed by atoms with Crippen LogP contribution in [0.4, 0.5) is 10.8 Å². The molecule has 0 saturated carbocycles. The van der Waals surface area contributed by atoms with E-state index >= 15 is 0 Å². The molecule has 2 heterocycles. The number of rotatable bonds is 3. The molecule has 0 aliphatic carbocycles. The van der Waals surface area contributed by atoms with Gasteiger partial charge in [0.05, 0.1) is 10.2 Å². The Morgan fingerprint density at radius 3 is 2.69 bits per heavy atom. The van der Waals surface area contributed by atoms with E-state index in [4.69, 9.17) is 4.98 Å². The van der Waals surface area contributed by atoms with Crippen molar-refractivity contribution in [3.63, 3.8) is 0 Å². The summed E-state index contributed by atoms with van der Waals surface area (Å²) in [5.74, 6) is -0.0754. The number of nitrogens with zero attached hydrogens (tertiary/aromatic N) is 2. The third kappa shape index (κ3) is 3.44. The SMILES string of the molecule is Cc1ccc(C)c(NC(=O)c2ccc3nc(N4CCCCC4)sc3c2)c1. The van der Waals surface area contributed by atoms with Crippen molar-refractivity contribution in [3.05, 3.63) is 53.1 Å². The molecule has 134 valence electrons. The Morgan fingerprint density at radius 2 is 1.88 bits per heavy atom. The number of hydrogen-bond donors (Lipinski definition) is 1. The molecule has 0 unspecified atom stereocenters. The quantitative estimate of drug-likeness (QED) is 0.698. The predicted molar refractivity (Wildman–Crippen MR) is 110 cm³/mol. The Kier molecular flexibility index (Phi) is 4.64. The van der Waals surface area contributed by atoms with Gasteiger partial charge in [0, 0.05) is 24.3 Å². The first-order valence-corrected chi connectivity index (χ1v) is 9.96. The van der Waals surface area contributed by atoms with Crippen molar-refractivity contribution in [2.45, 2.75) is 33.1 Å². The van der Waals surface area contributed by atoms with Crippen LogP contribution in [0.5, 0.6) is 0 Å². The van der Waals surface area contributed by atoms with E-state index in [0.29, 0.717) is 5.56 Å². The van der Waals surface area contributed by atoms with Gasteiger partial charge in [-0.3, -0.25) is 4.79 Å². The minimum Gasteiger partial charge on any atom is -0.348 e. The van der Waals surface area contributed by atoms with Crippen molar-refractivity contribution in [1.29, 1.82) is 0 Å². The van der Waals surface area contributed by atoms with Crippen LogP contribution in [0.15, 0.2) is 36.4 Å². The molecule has 1 N–H and O–H groups in total. The van der Waals surface area contributed by atoms with Crippen LogP contribution in [0.3, 0.4) is 0 Å². The lowest BCUT2D eigenvalue weighted by atomic mass is 10.1. The zero-order valence-corrected chi connectivity index (χ0v) is 16.0. The predicted octanol–water partition coefficient (Wildman–Crippen LogP) is 5.16. The van der Waals surface area contributed by atoms with Crippen LogP contribution in [-0.2, 0) is 0 Å². The smallest absolute Gasteiger partial charge is 0.255 e. The Balaban J connectivity index is 1.58. The van der Waals surface area contributed by atoms with Gasteiger partial charge < -0.3 is 10.2 Å². The molecule has 1 aliphatic heterocycles. The summed E-state index contributed by atoms with van der Waals surface area (Å²) in [7, 11) is 0. The standard InChI is InChI=1S/C21H23N3OS/c1-14-6-7-15(2)18(12-14)22-20(25)16-8-9-17-19(13-16)26-21(23-17)24-10-4-3-5-11-24/h6-9,12-13H,3-5,10-11H2,1-2H3,(H,22,25). The minimum atomic E-state index is -0.0754. The molecule has 1 aliphatic rings. The van der Waals surface area contributed by atoms with Crippen molar-refractivity contribution in [1.82, 2.24) is 4.98 Å². The first-order chi connectivity index (χ1) is 12.6. The van der Waals surface area contributed by atoms with E-state index in [9.17, 15) is 4.79 Å². The van der Waals surface area contributed by atoms with Crippen LogP contribution >= 0.6 is 11.3 Å². The molecule has 1 fully saturated rings. The van der Waals surface area contributed by atoms with E-state index in [1.165, 1.54) is 19.3 Å². The van der Waals surface area contributed by atoms with Crippen LogP contribution in [0.25, 0.3) is 10.2 Å². The maximum atomic E-state index is 12.7. The van der Waals surface area contributed by atoms with Gasteiger partial charge in [-0.05, 0) is 68.5 Å². The van der Waals surface area contributed by atoms with Crippen molar-refractivity contribution < 1.29 is 4.79 Å². The van der Waals surface area contributed by atoms with Gasteiger partial charge in [0.2, 0.25) is 0 Å². The molecule has 3 aromatic rings. The first-order valence-electron chi connectivity index (χ1n) is 9.14. The van der Waals surface area contributed by atoms with Gasteiger partial charge in [0.15, 0.2) is 5.13 Å². The summed E-state index contributed by atoms with van der Waals surface area (Å²) in [4.78, 5) is 19.8. The van der Waals surface area contributed by atoms with Gasteiger partial charge in [-0.2, -0.15) is 0 Å². The fourth-order valence-electron chi connectivity index (χ4n) is 3.34. The lowest BCUT2D eigenvalue weighted by Crippen LogP contribution is -2.29. The lowest BCUT2D eigenvalue weighted by molar-refractivity contribution is 0.102. The van der Waals surface area contributed by atoms with Gasteiger partial charge in [-0.15, -0.1) is 0 Å². The maximum absolute atomic E-state index is 12.7. The van der Waals surface area contributed by atoms with Gasteiger partial charge >= 0.3 is 0 Å². The maximum Gasteiger partial charge on any atom is 0.255 e. The number of piperidine rings is 1. The third-order valence-electron chi connectivity index (χ3n) is 4.91. The van der Waals surface area contributed by atoms with E-state index < -0.39 is 0 Å². The second kappa shape index (κ2) is 7.08. The summed E-state index contributed by atoms with van der Waals surface area (Å²) in [6.07, 6.45) is 3.78. The summed E-state index contributed by atoms with van der Waals surface area (Å²) in [5.41, 5.74) is 4.71. The normalized spacial score (nSPS) is 14.6. The number of aromatic nitrogens is 1. The molecule has 1 saturated heterocycles. The number of nitrogens with one attached hydrogen (secondary N) is 1. The second-order valence-electron chi connectivity index (χ2n) is 7.00. The van der Waals surface area contributed by atoms with E-state index in [2.05, 4.69) is 16.3 Å². The summed E-state index contributed by atoms with van der Waals surface area (Å²) in [5, 5.41) is 4.11. The molecule has 4 rings (SSSR count). The highest BCUT2D eigenvalue weighted by atomic mass is 32.1. The van der Waals surface area contributed by atoms with Crippen LogP contribution in [0, 0.1) is 13.8 Å². The highest BCUT2D eigenvalue weighted by Crippen LogP contribution is 2.31. The zero-order chi connectivity index (χ0) is 18.1. The van der Waals surface area contributed by atoms with E-state index in [1.807, 2.05) is 44.2 Å².